The molecule has 0 saturated carbocycles. The molecule has 3 nitrogen and oxygen atoms in total. The lowest BCUT2D eigenvalue weighted by atomic mass is 10.2. The molecule has 0 amide bonds. The third-order valence-corrected chi connectivity index (χ3v) is 2.84. The van der Waals surface area contributed by atoms with Gasteiger partial charge in [-0.25, -0.2) is 0 Å². The van der Waals surface area contributed by atoms with Crippen molar-refractivity contribution in [3.63, 3.8) is 0 Å². The first-order chi connectivity index (χ1) is 7.45. The summed E-state index contributed by atoms with van der Waals surface area (Å²) >= 11 is 0. The van der Waals surface area contributed by atoms with Gasteiger partial charge in [0.25, 0.3) is 0 Å². The topological polar surface area (TPSA) is 28.4 Å². The molecule has 1 radical (unpaired) electrons. The molecule has 77 valence electrons. The van der Waals surface area contributed by atoms with Crippen LogP contribution in [-0.2, 0) is 0 Å². The Balaban J connectivity index is 2.05. The third-order valence-electron chi connectivity index (χ3n) is 2.84. The third kappa shape index (κ3) is 1.49. The summed E-state index contributed by atoms with van der Waals surface area (Å²) in [7, 11) is 0. The Morgan fingerprint density at radius 3 is 3.00 bits per heavy atom. The number of nitrogens with zero attached hydrogens (tertiary/aromatic N) is 1. The van der Waals surface area contributed by atoms with Gasteiger partial charge in [-0.05, 0) is 24.3 Å². The standard InChI is InChI=1S/C12H13N2O/c1-2-10-4-9-15-12(10)11(3-1)14-7-5-13-6-8-14/h2-4,9,13H,5-8H2. The monoisotopic (exact) mass is 201 g/mol. The van der Waals surface area contributed by atoms with Crippen molar-refractivity contribution in [3.05, 3.63) is 30.5 Å². The van der Waals surface area contributed by atoms with Gasteiger partial charge in [0, 0.05) is 31.6 Å². The van der Waals surface area contributed by atoms with E-state index in [1.54, 1.807) is 6.26 Å². The Kier molecular flexibility index (Phi) is 2.10. The van der Waals surface area contributed by atoms with Gasteiger partial charge in [0.1, 0.15) is 0 Å². The van der Waals surface area contributed by atoms with Gasteiger partial charge < -0.3 is 14.6 Å². The average Bonchev–Trinajstić information content (AvgIpc) is 2.78. The molecule has 1 aliphatic heterocycles. The second-order valence-corrected chi connectivity index (χ2v) is 3.78. The van der Waals surface area contributed by atoms with Gasteiger partial charge in [0.05, 0.1) is 12.0 Å². The lowest BCUT2D eigenvalue weighted by molar-refractivity contribution is 0.579. The van der Waals surface area contributed by atoms with Crippen LogP contribution in [0.5, 0.6) is 0 Å². The molecule has 1 aromatic carbocycles. The van der Waals surface area contributed by atoms with Crippen LogP contribution in [0.15, 0.2) is 28.9 Å². The molecule has 1 aromatic heterocycles. The van der Waals surface area contributed by atoms with Crippen LogP contribution in [0.25, 0.3) is 11.0 Å². The van der Waals surface area contributed by atoms with Gasteiger partial charge in [-0.15, -0.1) is 0 Å². The van der Waals surface area contributed by atoms with Gasteiger partial charge in [-0.1, -0.05) is 0 Å². The molecule has 0 bridgehead atoms. The molecule has 2 aromatic rings. The molecule has 1 aliphatic rings. The molecule has 15 heavy (non-hydrogen) atoms. The van der Waals surface area contributed by atoms with E-state index >= 15 is 0 Å². The van der Waals surface area contributed by atoms with Crippen LogP contribution in [0.3, 0.4) is 0 Å². The SMILES string of the molecule is [c]1cc(N2CCNCC2)c2occc2c1. The van der Waals surface area contributed by atoms with Gasteiger partial charge in [0.2, 0.25) is 0 Å². The highest BCUT2D eigenvalue weighted by atomic mass is 16.3. The minimum Gasteiger partial charge on any atom is -0.462 e. The molecule has 1 saturated heterocycles. The molecule has 1 N–H and O–H groups in total. The fourth-order valence-corrected chi connectivity index (χ4v) is 2.06. The van der Waals surface area contributed by atoms with Gasteiger partial charge in [0.15, 0.2) is 5.58 Å². The Morgan fingerprint density at radius 2 is 2.13 bits per heavy atom. The van der Waals surface area contributed by atoms with Crippen molar-refractivity contribution in [3.8, 4) is 0 Å². The van der Waals surface area contributed by atoms with Crippen LogP contribution >= 0.6 is 0 Å². The summed E-state index contributed by atoms with van der Waals surface area (Å²) in [6.07, 6.45) is 1.74. The zero-order valence-electron chi connectivity index (χ0n) is 8.49. The van der Waals surface area contributed by atoms with E-state index < -0.39 is 0 Å². The molecule has 0 spiro atoms. The van der Waals surface area contributed by atoms with E-state index in [0.717, 1.165) is 37.1 Å². The van der Waals surface area contributed by atoms with E-state index in [0.29, 0.717) is 0 Å². The quantitative estimate of drug-likeness (QED) is 0.760. The lowest BCUT2D eigenvalue weighted by Gasteiger charge is -2.29. The number of anilines is 1. The number of nitrogens with one attached hydrogen (secondary N) is 1. The largest absolute Gasteiger partial charge is 0.462 e. The number of piperazine rings is 1. The van der Waals surface area contributed by atoms with E-state index in [1.165, 1.54) is 5.69 Å². The number of furan rings is 1. The summed E-state index contributed by atoms with van der Waals surface area (Å²) < 4.78 is 5.52. The minimum absolute atomic E-state index is 0.982. The van der Waals surface area contributed by atoms with E-state index in [4.69, 9.17) is 4.42 Å². The van der Waals surface area contributed by atoms with E-state index in [2.05, 4.69) is 16.3 Å². The number of hydrogen-bond donors (Lipinski definition) is 1. The minimum atomic E-state index is 0.982. The zero-order valence-corrected chi connectivity index (χ0v) is 8.49. The number of rotatable bonds is 1. The first-order valence-corrected chi connectivity index (χ1v) is 5.28. The summed E-state index contributed by atoms with van der Waals surface area (Å²) in [5.41, 5.74) is 2.15. The maximum atomic E-state index is 5.52. The van der Waals surface area contributed by atoms with E-state index in [-0.39, 0.29) is 0 Å². The molecule has 3 rings (SSSR count). The van der Waals surface area contributed by atoms with Gasteiger partial charge >= 0.3 is 0 Å². The molecule has 1 fully saturated rings. The average molecular weight is 201 g/mol. The zero-order chi connectivity index (χ0) is 10.1. The van der Waals surface area contributed by atoms with Crippen molar-refractivity contribution in [2.24, 2.45) is 0 Å². The van der Waals surface area contributed by atoms with E-state index in [1.807, 2.05) is 18.2 Å². The summed E-state index contributed by atoms with van der Waals surface area (Å²) in [6.45, 7) is 4.15. The number of fused-ring (bicyclic) bond motifs is 1. The highest BCUT2D eigenvalue weighted by Gasteiger charge is 2.14. The molecule has 2 heterocycles. The van der Waals surface area contributed by atoms with Crippen molar-refractivity contribution < 1.29 is 4.42 Å². The summed E-state index contributed by atoms with van der Waals surface area (Å²) in [4.78, 5) is 2.35. The van der Waals surface area contributed by atoms with Crippen LogP contribution in [0.1, 0.15) is 0 Å². The van der Waals surface area contributed by atoms with Crippen molar-refractivity contribution in [1.82, 2.24) is 5.32 Å². The fraction of sp³-hybridized carbons (Fsp3) is 0.333. The molecule has 3 heteroatoms. The first kappa shape index (κ1) is 8.80. The van der Waals surface area contributed by atoms with Crippen molar-refractivity contribution in [2.75, 3.05) is 31.1 Å². The lowest BCUT2D eigenvalue weighted by Crippen LogP contribution is -2.43. The smallest absolute Gasteiger partial charge is 0.157 e. The summed E-state index contributed by atoms with van der Waals surface area (Å²) in [5.74, 6) is 0. The van der Waals surface area contributed by atoms with Crippen LogP contribution in [0.4, 0.5) is 5.69 Å². The molecule has 0 unspecified atom stereocenters. The summed E-state index contributed by atoms with van der Waals surface area (Å²) in [6, 6.07) is 9.12. The normalized spacial score (nSPS) is 17.2. The molecule has 0 atom stereocenters. The predicted molar refractivity (Wildman–Crippen MR) is 60.1 cm³/mol. The predicted octanol–water partition coefficient (Wildman–Crippen LogP) is 1.64. The highest BCUT2D eigenvalue weighted by Crippen LogP contribution is 2.27. The summed E-state index contributed by atoms with van der Waals surface area (Å²) in [5, 5.41) is 4.47. The first-order valence-electron chi connectivity index (χ1n) is 5.28. The Bertz CT molecular complexity index is 457. The van der Waals surface area contributed by atoms with Gasteiger partial charge in [-0.2, -0.15) is 0 Å². The second-order valence-electron chi connectivity index (χ2n) is 3.78. The molecule has 0 aliphatic carbocycles. The Hall–Kier alpha value is -1.48. The molecular weight excluding hydrogens is 188 g/mol. The number of benzene rings is 1. The maximum Gasteiger partial charge on any atom is 0.157 e. The number of hydrogen-bond acceptors (Lipinski definition) is 3. The van der Waals surface area contributed by atoms with Crippen molar-refractivity contribution >= 4 is 16.7 Å². The Morgan fingerprint density at radius 1 is 1.27 bits per heavy atom. The highest BCUT2D eigenvalue weighted by molar-refractivity contribution is 5.89. The Labute approximate surface area is 88.7 Å². The van der Waals surface area contributed by atoms with Crippen LogP contribution in [0, 0.1) is 6.07 Å². The van der Waals surface area contributed by atoms with Crippen molar-refractivity contribution in [2.45, 2.75) is 0 Å². The fourth-order valence-electron chi connectivity index (χ4n) is 2.06. The van der Waals surface area contributed by atoms with Crippen LogP contribution in [-0.4, -0.2) is 26.2 Å². The van der Waals surface area contributed by atoms with Crippen LogP contribution in [0.2, 0.25) is 0 Å². The van der Waals surface area contributed by atoms with Crippen molar-refractivity contribution in [1.29, 1.82) is 0 Å². The second kappa shape index (κ2) is 3.59. The van der Waals surface area contributed by atoms with Crippen LogP contribution < -0.4 is 10.2 Å². The van der Waals surface area contributed by atoms with E-state index in [9.17, 15) is 0 Å². The van der Waals surface area contributed by atoms with Gasteiger partial charge in [-0.3, -0.25) is 0 Å². The maximum absolute atomic E-state index is 5.52. The molecular formula is C12H13N2O.